The molecular weight excluding hydrogens is 186 g/mol. The maximum Gasteiger partial charge on any atom is 0.0656 e. The lowest BCUT2D eigenvalue weighted by Crippen LogP contribution is -2.17. The second-order valence-electron chi connectivity index (χ2n) is 2.83. The van der Waals surface area contributed by atoms with Crippen LogP contribution in [0.1, 0.15) is 12.5 Å². The van der Waals surface area contributed by atoms with E-state index in [0.29, 0.717) is 6.61 Å². The van der Waals surface area contributed by atoms with Crippen molar-refractivity contribution in [2.75, 3.05) is 13.7 Å². The summed E-state index contributed by atoms with van der Waals surface area (Å²) in [5.41, 5.74) is 1.19. The van der Waals surface area contributed by atoms with E-state index in [1.54, 1.807) is 0 Å². The molecule has 0 N–H and O–H groups in total. The molecule has 0 aliphatic carbocycles. The number of hydrogen-bond donors (Lipinski definition) is 0. The molecule has 1 aromatic rings. The number of nitrogens with zero attached hydrogens (tertiary/aromatic N) is 1. The fourth-order valence-electron chi connectivity index (χ4n) is 1.11. The Hall–Kier alpha value is -0.570. The van der Waals surface area contributed by atoms with E-state index in [2.05, 4.69) is 0 Å². The van der Waals surface area contributed by atoms with Crippen LogP contribution in [-0.2, 0) is 11.4 Å². The van der Waals surface area contributed by atoms with Crippen LogP contribution in [0, 0.1) is 0 Å². The molecule has 1 aromatic carbocycles. The van der Waals surface area contributed by atoms with Gasteiger partial charge in [0.15, 0.2) is 0 Å². The van der Waals surface area contributed by atoms with Crippen molar-refractivity contribution in [1.82, 2.24) is 5.06 Å². The van der Waals surface area contributed by atoms with Gasteiger partial charge < -0.3 is 0 Å². The number of hydrogen-bond acceptors (Lipinski definition) is 2. The highest BCUT2D eigenvalue weighted by atomic mass is 35.5. The third kappa shape index (κ3) is 3.77. The van der Waals surface area contributed by atoms with Crippen molar-refractivity contribution in [2.45, 2.75) is 13.5 Å². The van der Waals surface area contributed by atoms with Gasteiger partial charge in [0.2, 0.25) is 0 Å². The largest absolute Gasteiger partial charge is 0.299 e. The third-order valence-electron chi connectivity index (χ3n) is 1.67. The Morgan fingerprint density at radius 1 is 1.31 bits per heavy atom. The smallest absolute Gasteiger partial charge is 0.0656 e. The summed E-state index contributed by atoms with van der Waals surface area (Å²) in [6.07, 6.45) is 0. The number of halogens is 1. The molecule has 3 heteroatoms. The molecule has 0 bridgehead atoms. The molecule has 0 radical (unpaired) electrons. The molecular formula is C10H14ClNO. The van der Waals surface area contributed by atoms with Crippen LogP contribution in [0.25, 0.3) is 0 Å². The summed E-state index contributed by atoms with van der Waals surface area (Å²) in [7, 11) is 1.91. The Labute approximate surface area is 84.0 Å². The highest BCUT2D eigenvalue weighted by Crippen LogP contribution is 2.10. The van der Waals surface area contributed by atoms with Crippen LogP contribution >= 0.6 is 11.6 Å². The van der Waals surface area contributed by atoms with Crippen LogP contribution < -0.4 is 0 Å². The zero-order chi connectivity index (χ0) is 9.68. The Morgan fingerprint density at radius 3 is 2.46 bits per heavy atom. The first kappa shape index (κ1) is 10.5. The van der Waals surface area contributed by atoms with Gasteiger partial charge in [0.25, 0.3) is 0 Å². The van der Waals surface area contributed by atoms with Crippen molar-refractivity contribution in [3.63, 3.8) is 0 Å². The van der Waals surface area contributed by atoms with Crippen molar-refractivity contribution in [3.8, 4) is 0 Å². The average molecular weight is 200 g/mol. The summed E-state index contributed by atoms with van der Waals surface area (Å²) >= 11 is 5.76. The van der Waals surface area contributed by atoms with Crippen molar-refractivity contribution in [2.24, 2.45) is 0 Å². The topological polar surface area (TPSA) is 12.5 Å². The summed E-state index contributed by atoms with van der Waals surface area (Å²) in [5.74, 6) is 0. The van der Waals surface area contributed by atoms with Crippen LogP contribution in [0.2, 0.25) is 5.02 Å². The lowest BCUT2D eigenvalue weighted by atomic mass is 10.2. The Kier molecular flexibility index (Phi) is 4.22. The highest BCUT2D eigenvalue weighted by Gasteiger charge is 1.98. The molecule has 2 nitrogen and oxygen atoms in total. The van der Waals surface area contributed by atoms with Gasteiger partial charge in [-0.05, 0) is 24.6 Å². The Morgan fingerprint density at radius 2 is 1.92 bits per heavy atom. The van der Waals surface area contributed by atoms with E-state index in [4.69, 9.17) is 16.4 Å². The first-order valence-electron chi connectivity index (χ1n) is 4.31. The molecule has 72 valence electrons. The molecule has 0 fully saturated rings. The summed E-state index contributed by atoms with van der Waals surface area (Å²) in [4.78, 5) is 5.28. The first-order valence-corrected chi connectivity index (χ1v) is 4.68. The summed E-state index contributed by atoms with van der Waals surface area (Å²) in [6, 6.07) is 7.77. The van der Waals surface area contributed by atoms with Crippen LogP contribution in [0.5, 0.6) is 0 Å². The van der Waals surface area contributed by atoms with E-state index in [1.807, 2.05) is 43.3 Å². The maximum absolute atomic E-state index is 5.76. The zero-order valence-corrected chi connectivity index (χ0v) is 8.71. The summed E-state index contributed by atoms with van der Waals surface area (Å²) in [6.45, 7) is 3.45. The van der Waals surface area contributed by atoms with Crippen LogP contribution in [-0.4, -0.2) is 18.7 Å². The van der Waals surface area contributed by atoms with Crippen molar-refractivity contribution >= 4 is 11.6 Å². The van der Waals surface area contributed by atoms with Gasteiger partial charge in [-0.2, -0.15) is 5.06 Å². The Balaban J connectivity index is 2.49. The monoisotopic (exact) mass is 199 g/mol. The molecule has 0 saturated carbocycles. The first-order chi connectivity index (χ1) is 6.22. The average Bonchev–Trinajstić information content (AvgIpc) is 2.09. The van der Waals surface area contributed by atoms with E-state index in [0.717, 1.165) is 11.6 Å². The van der Waals surface area contributed by atoms with E-state index < -0.39 is 0 Å². The van der Waals surface area contributed by atoms with Gasteiger partial charge in [0.1, 0.15) is 0 Å². The molecule has 0 atom stereocenters. The molecule has 0 amide bonds. The van der Waals surface area contributed by atoms with E-state index >= 15 is 0 Å². The number of benzene rings is 1. The normalized spacial score (nSPS) is 10.8. The van der Waals surface area contributed by atoms with E-state index in [9.17, 15) is 0 Å². The highest BCUT2D eigenvalue weighted by molar-refractivity contribution is 6.30. The zero-order valence-electron chi connectivity index (χ0n) is 7.96. The standard InChI is InChI=1S/C10H14ClNO/c1-3-13-12(2)8-9-4-6-10(11)7-5-9/h4-7H,3,8H2,1-2H3. The van der Waals surface area contributed by atoms with Gasteiger partial charge in [-0.25, -0.2) is 0 Å². The molecule has 0 aliphatic rings. The lowest BCUT2D eigenvalue weighted by Gasteiger charge is -2.15. The summed E-state index contributed by atoms with van der Waals surface area (Å²) in [5, 5.41) is 2.58. The minimum absolute atomic E-state index is 0.699. The summed E-state index contributed by atoms with van der Waals surface area (Å²) < 4.78 is 0. The molecule has 1 rings (SSSR count). The molecule has 0 spiro atoms. The fourth-order valence-corrected chi connectivity index (χ4v) is 1.24. The van der Waals surface area contributed by atoms with Crippen LogP contribution in [0.3, 0.4) is 0 Å². The van der Waals surface area contributed by atoms with Crippen LogP contribution in [0.15, 0.2) is 24.3 Å². The van der Waals surface area contributed by atoms with Crippen molar-refractivity contribution < 1.29 is 4.84 Å². The Bertz CT molecular complexity index is 248. The minimum Gasteiger partial charge on any atom is -0.299 e. The molecule has 0 saturated heterocycles. The van der Waals surface area contributed by atoms with Gasteiger partial charge in [-0.15, -0.1) is 0 Å². The SMILES string of the molecule is CCON(C)Cc1ccc(Cl)cc1. The van der Waals surface area contributed by atoms with E-state index in [-0.39, 0.29) is 0 Å². The van der Waals surface area contributed by atoms with Gasteiger partial charge in [0, 0.05) is 18.6 Å². The maximum atomic E-state index is 5.76. The van der Waals surface area contributed by atoms with Gasteiger partial charge >= 0.3 is 0 Å². The van der Waals surface area contributed by atoms with Crippen LogP contribution in [0.4, 0.5) is 0 Å². The van der Waals surface area contributed by atoms with Gasteiger partial charge in [0.05, 0.1) is 6.61 Å². The molecule has 0 aliphatic heterocycles. The van der Waals surface area contributed by atoms with E-state index in [1.165, 1.54) is 5.56 Å². The second-order valence-corrected chi connectivity index (χ2v) is 3.27. The number of rotatable bonds is 4. The predicted molar refractivity (Wildman–Crippen MR) is 54.5 cm³/mol. The van der Waals surface area contributed by atoms with Crippen molar-refractivity contribution in [3.05, 3.63) is 34.9 Å². The molecule has 13 heavy (non-hydrogen) atoms. The quantitative estimate of drug-likeness (QED) is 0.692. The molecule has 0 aromatic heterocycles. The molecule has 0 heterocycles. The van der Waals surface area contributed by atoms with Crippen molar-refractivity contribution in [1.29, 1.82) is 0 Å². The number of hydroxylamine groups is 2. The molecule has 0 unspecified atom stereocenters. The van der Waals surface area contributed by atoms with Gasteiger partial charge in [-0.1, -0.05) is 23.7 Å². The predicted octanol–water partition coefficient (Wildman–Crippen LogP) is 2.72. The second kappa shape index (κ2) is 5.22. The van der Waals surface area contributed by atoms with Gasteiger partial charge in [-0.3, -0.25) is 4.84 Å². The fraction of sp³-hybridized carbons (Fsp3) is 0.400. The minimum atomic E-state index is 0.699. The lowest BCUT2D eigenvalue weighted by molar-refractivity contribution is -0.141. The third-order valence-corrected chi connectivity index (χ3v) is 1.92.